The molecule has 6 heteroatoms. The van der Waals surface area contributed by atoms with Crippen LogP contribution in [0.2, 0.25) is 0 Å². The van der Waals surface area contributed by atoms with Crippen molar-refractivity contribution in [1.29, 1.82) is 0 Å². The average Bonchev–Trinajstić information content (AvgIpc) is 2.66. The molecular formula is C19H18O6. The molecule has 0 aliphatic carbocycles. The van der Waals surface area contributed by atoms with Gasteiger partial charge < -0.3 is 18.9 Å². The van der Waals surface area contributed by atoms with E-state index in [1.165, 1.54) is 0 Å². The second kappa shape index (κ2) is 9.12. The van der Waals surface area contributed by atoms with E-state index in [0.29, 0.717) is 22.8 Å². The van der Waals surface area contributed by atoms with Crippen LogP contribution < -0.4 is 14.2 Å². The van der Waals surface area contributed by atoms with Crippen molar-refractivity contribution in [3.8, 4) is 17.2 Å². The Morgan fingerprint density at radius 1 is 0.920 bits per heavy atom. The Bertz CT molecular complexity index is 719. The van der Waals surface area contributed by atoms with E-state index in [4.69, 9.17) is 18.9 Å². The van der Waals surface area contributed by atoms with Gasteiger partial charge in [-0.3, -0.25) is 0 Å². The Morgan fingerprint density at radius 3 is 2.12 bits per heavy atom. The molecule has 0 N–H and O–H groups in total. The van der Waals surface area contributed by atoms with Gasteiger partial charge in [0, 0.05) is 6.08 Å². The number of carbonyl (C=O) groups excluding carboxylic acids is 2. The van der Waals surface area contributed by atoms with E-state index >= 15 is 0 Å². The molecule has 25 heavy (non-hydrogen) atoms. The lowest BCUT2D eigenvalue weighted by Gasteiger charge is -2.08. The minimum atomic E-state index is -0.500. The molecule has 2 rings (SSSR count). The molecule has 130 valence electrons. The van der Waals surface area contributed by atoms with Crippen LogP contribution in [0.1, 0.15) is 10.4 Å². The SMILES string of the molecule is C=CC(=O)OCCOc1ccc(C(=O)Oc2ccc(OC)cc2)cc1. The fourth-order valence-electron chi connectivity index (χ4n) is 1.86. The van der Waals surface area contributed by atoms with Crippen LogP contribution in [0.5, 0.6) is 17.2 Å². The van der Waals surface area contributed by atoms with Gasteiger partial charge in [0.15, 0.2) is 0 Å². The summed E-state index contributed by atoms with van der Waals surface area (Å²) in [6.45, 7) is 3.62. The van der Waals surface area contributed by atoms with E-state index in [1.54, 1.807) is 55.6 Å². The molecule has 0 saturated carbocycles. The number of ether oxygens (including phenoxy) is 4. The number of methoxy groups -OCH3 is 1. The summed E-state index contributed by atoms with van der Waals surface area (Å²) in [5.41, 5.74) is 0.390. The van der Waals surface area contributed by atoms with Crippen LogP contribution in [0.15, 0.2) is 61.2 Å². The third-order valence-corrected chi connectivity index (χ3v) is 3.12. The van der Waals surface area contributed by atoms with Crippen molar-refractivity contribution in [1.82, 2.24) is 0 Å². The number of hydrogen-bond acceptors (Lipinski definition) is 6. The molecule has 0 atom stereocenters. The molecule has 0 amide bonds. The van der Waals surface area contributed by atoms with Crippen molar-refractivity contribution >= 4 is 11.9 Å². The summed E-state index contributed by atoms with van der Waals surface area (Å²) in [4.78, 5) is 23.0. The Kier molecular flexibility index (Phi) is 6.59. The Hall–Kier alpha value is -3.28. The number of benzene rings is 2. The van der Waals surface area contributed by atoms with Gasteiger partial charge in [0.05, 0.1) is 12.7 Å². The topological polar surface area (TPSA) is 71.1 Å². The Balaban J connectivity index is 1.84. The standard InChI is InChI=1S/C19H18O6/c1-3-18(20)24-13-12-23-16-6-4-14(5-7-16)19(21)25-17-10-8-15(22-2)9-11-17/h3-11H,1,12-13H2,2H3. The van der Waals surface area contributed by atoms with Gasteiger partial charge in [-0.25, -0.2) is 9.59 Å². The van der Waals surface area contributed by atoms with E-state index in [-0.39, 0.29) is 13.2 Å². The first-order chi connectivity index (χ1) is 12.1. The molecule has 0 aliphatic heterocycles. The molecule has 2 aromatic carbocycles. The van der Waals surface area contributed by atoms with Gasteiger partial charge in [0.25, 0.3) is 0 Å². The van der Waals surface area contributed by atoms with Crippen LogP contribution in [0, 0.1) is 0 Å². The largest absolute Gasteiger partial charge is 0.497 e. The quantitative estimate of drug-likeness (QED) is 0.318. The maximum absolute atomic E-state index is 12.1. The number of carbonyl (C=O) groups is 2. The number of hydrogen-bond donors (Lipinski definition) is 0. The van der Waals surface area contributed by atoms with Gasteiger partial charge in [-0.15, -0.1) is 0 Å². The summed E-state index contributed by atoms with van der Waals surface area (Å²) in [6, 6.07) is 13.2. The highest BCUT2D eigenvalue weighted by molar-refractivity contribution is 5.91. The van der Waals surface area contributed by atoms with Crippen LogP contribution in [0.3, 0.4) is 0 Å². The summed E-state index contributed by atoms with van der Waals surface area (Å²) < 4.78 is 20.5. The molecule has 2 aromatic rings. The van der Waals surface area contributed by atoms with Gasteiger partial charge in [-0.1, -0.05) is 6.58 Å². The lowest BCUT2D eigenvalue weighted by atomic mass is 10.2. The first-order valence-corrected chi connectivity index (χ1v) is 7.50. The Morgan fingerprint density at radius 2 is 1.52 bits per heavy atom. The fraction of sp³-hybridized carbons (Fsp3) is 0.158. The summed E-state index contributed by atoms with van der Waals surface area (Å²) in [5, 5.41) is 0. The Labute approximate surface area is 145 Å². The molecule has 0 spiro atoms. The molecule has 0 radical (unpaired) electrons. The normalized spacial score (nSPS) is 9.80. The lowest BCUT2D eigenvalue weighted by Crippen LogP contribution is -2.11. The van der Waals surface area contributed by atoms with Gasteiger partial charge >= 0.3 is 11.9 Å². The van der Waals surface area contributed by atoms with Crippen molar-refractivity contribution < 1.29 is 28.5 Å². The first-order valence-electron chi connectivity index (χ1n) is 7.50. The van der Waals surface area contributed by atoms with Crippen LogP contribution in [-0.2, 0) is 9.53 Å². The van der Waals surface area contributed by atoms with Crippen molar-refractivity contribution in [2.24, 2.45) is 0 Å². The second-order valence-electron chi connectivity index (χ2n) is 4.81. The predicted molar refractivity (Wildman–Crippen MR) is 91.0 cm³/mol. The predicted octanol–water partition coefficient (Wildman–Crippen LogP) is 3.02. The van der Waals surface area contributed by atoms with Gasteiger partial charge in [-0.05, 0) is 48.5 Å². The first kappa shape index (κ1) is 18.1. The second-order valence-corrected chi connectivity index (χ2v) is 4.81. The van der Waals surface area contributed by atoms with Crippen molar-refractivity contribution in [3.63, 3.8) is 0 Å². The lowest BCUT2D eigenvalue weighted by molar-refractivity contribution is -0.138. The van der Waals surface area contributed by atoms with Gasteiger partial charge in [0.1, 0.15) is 30.5 Å². The highest BCUT2D eigenvalue weighted by atomic mass is 16.6. The minimum absolute atomic E-state index is 0.117. The molecule has 0 aromatic heterocycles. The minimum Gasteiger partial charge on any atom is -0.497 e. The summed E-state index contributed by atoms with van der Waals surface area (Å²) in [5.74, 6) is 0.683. The average molecular weight is 342 g/mol. The highest BCUT2D eigenvalue weighted by Crippen LogP contribution is 2.19. The van der Waals surface area contributed by atoms with E-state index < -0.39 is 11.9 Å². The zero-order chi connectivity index (χ0) is 18.1. The molecule has 0 saturated heterocycles. The zero-order valence-corrected chi connectivity index (χ0v) is 13.8. The van der Waals surface area contributed by atoms with E-state index in [0.717, 1.165) is 6.08 Å². The van der Waals surface area contributed by atoms with E-state index in [2.05, 4.69) is 6.58 Å². The van der Waals surface area contributed by atoms with Gasteiger partial charge in [-0.2, -0.15) is 0 Å². The van der Waals surface area contributed by atoms with Crippen LogP contribution in [0.25, 0.3) is 0 Å². The fourth-order valence-corrected chi connectivity index (χ4v) is 1.86. The monoisotopic (exact) mass is 342 g/mol. The van der Waals surface area contributed by atoms with E-state index in [9.17, 15) is 9.59 Å². The highest BCUT2D eigenvalue weighted by Gasteiger charge is 2.09. The summed E-state index contributed by atoms with van der Waals surface area (Å²) in [6.07, 6.45) is 1.09. The molecule has 6 nitrogen and oxygen atoms in total. The summed E-state index contributed by atoms with van der Waals surface area (Å²) >= 11 is 0. The maximum atomic E-state index is 12.1. The third-order valence-electron chi connectivity index (χ3n) is 3.12. The maximum Gasteiger partial charge on any atom is 0.343 e. The summed E-state index contributed by atoms with van der Waals surface area (Å²) in [7, 11) is 1.56. The van der Waals surface area contributed by atoms with E-state index in [1.807, 2.05) is 0 Å². The number of rotatable bonds is 8. The molecule has 0 bridgehead atoms. The van der Waals surface area contributed by atoms with Crippen molar-refractivity contribution in [2.75, 3.05) is 20.3 Å². The molecule has 0 fully saturated rings. The van der Waals surface area contributed by atoms with Crippen molar-refractivity contribution in [3.05, 3.63) is 66.7 Å². The molecule has 0 heterocycles. The van der Waals surface area contributed by atoms with Crippen molar-refractivity contribution in [2.45, 2.75) is 0 Å². The molecule has 0 aliphatic rings. The number of esters is 2. The van der Waals surface area contributed by atoms with Crippen LogP contribution in [-0.4, -0.2) is 32.3 Å². The van der Waals surface area contributed by atoms with Gasteiger partial charge in [0.2, 0.25) is 0 Å². The van der Waals surface area contributed by atoms with Crippen LogP contribution >= 0.6 is 0 Å². The zero-order valence-electron chi connectivity index (χ0n) is 13.8. The smallest absolute Gasteiger partial charge is 0.343 e. The third kappa shape index (κ3) is 5.69. The van der Waals surface area contributed by atoms with Crippen LogP contribution in [0.4, 0.5) is 0 Å². The molecular weight excluding hydrogens is 324 g/mol. The molecule has 0 unspecified atom stereocenters.